The van der Waals surface area contributed by atoms with Crippen LogP contribution in [0.15, 0.2) is 59.5 Å². The highest BCUT2D eigenvalue weighted by atomic mass is 35.5. The van der Waals surface area contributed by atoms with E-state index in [0.717, 1.165) is 66.5 Å². The first kappa shape index (κ1) is 29.1. The van der Waals surface area contributed by atoms with Gasteiger partial charge in [-0.1, -0.05) is 35.9 Å². The van der Waals surface area contributed by atoms with Crippen LogP contribution in [0.4, 0.5) is 4.39 Å². The predicted molar refractivity (Wildman–Crippen MR) is 162 cm³/mol. The normalized spacial score (nSPS) is 15.5. The number of hydrogen-bond donors (Lipinski definition) is 1. The number of aromatic amines is 1. The Hall–Kier alpha value is -3.42. The van der Waals surface area contributed by atoms with Gasteiger partial charge in [0.25, 0.3) is 0 Å². The second-order valence-electron chi connectivity index (χ2n) is 10.9. The van der Waals surface area contributed by atoms with E-state index in [2.05, 4.69) is 21.7 Å². The van der Waals surface area contributed by atoms with Gasteiger partial charge in [-0.3, -0.25) is 9.59 Å². The Morgan fingerprint density at radius 3 is 2.61 bits per heavy atom. The molecule has 6 nitrogen and oxygen atoms in total. The number of rotatable bonds is 10. The van der Waals surface area contributed by atoms with Crippen molar-refractivity contribution in [3.8, 4) is 11.1 Å². The molecule has 1 atom stereocenters. The maximum atomic E-state index is 15.0. The molecule has 1 amide bonds. The van der Waals surface area contributed by atoms with Gasteiger partial charge in [0.15, 0.2) is 0 Å². The molecule has 2 aromatic carbocycles. The van der Waals surface area contributed by atoms with Crippen molar-refractivity contribution in [1.82, 2.24) is 14.5 Å². The van der Waals surface area contributed by atoms with Crippen molar-refractivity contribution in [1.29, 1.82) is 0 Å². The molecule has 0 bridgehead atoms. The number of methoxy groups -OCH3 is 1. The van der Waals surface area contributed by atoms with Crippen LogP contribution in [0.3, 0.4) is 0 Å². The first-order valence-corrected chi connectivity index (χ1v) is 14.8. The first-order chi connectivity index (χ1) is 19.9. The van der Waals surface area contributed by atoms with Gasteiger partial charge in [-0.25, -0.2) is 4.39 Å². The average Bonchev–Trinajstić information content (AvgIpc) is 3.29. The summed E-state index contributed by atoms with van der Waals surface area (Å²) in [5.41, 5.74) is 5.81. The highest BCUT2D eigenvalue weighted by Crippen LogP contribution is 2.39. The van der Waals surface area contributed by atoms with Crippen LogP contribution >= 0.6 is 11.6 Å². The van der Waals surface area contributed by atoms with E-state index in [4.69, 9.17) is 16.3 Å². The Labute approximate surface area is 245 Å². The van der Waals surface area contributed by atoms with E-state index in [0.29, 0.717) is 36.5 Å². The van der Waals surface area contributed by atoms with Gasteiger partial charge in [0.1, 0.15) is 5.82 Å². The number of ether oxygens (including phenoxy) is 1. The van der Waals surface area contributed by atoms with Crippen molar-refractivity contribution in [2.45, 2.75) is 57.9 Å². The van der Waals surface area contributed by atoms with Crippen LogP contribution in [0.1, 0.15) is 54.8 Å². The number of likely N-dealkylation sites (tertiary alicyclic amines) is 1. The molecule has 1 unspecified atom stereocenters. The maximum absolute atomic E-state index is 15.0. The number of halogens is 2. The number of carbonyl (C=O) groups is 1. The van der Waals surface area contributed by atoms with Gasteiger partial charge < -0.3 is 19.2 Å². The fourth-order valence-electron chi connectivity index (χ4n) is 6.22. The molecule has 5 rings (SSSR count). The van der Waals surface area contributed by atoms with Crippen molar-refractivity contribution < 1.29 is 13.9 Å². The van der Waals surface area contributed by atoms with Crippen LogP contribution in [-0.4, -0.2) is 47.2 Å². The lowest BCUT2D eigenvalue weighted by atomic mass is 9.91. The van der Waals surface area contributed by atoms with E-state index in [1.54, 1.807) is 19.4 Å². The number of hydrogen-bond acceptors (Lipinski definition) is 3. The third kappa shape index (κ3) is 6.41. The summed E-state index contributed by atoms with van der Waals surface area (Å²) in [5.74, 6) is 0.0335. The minimum absolute atomic E-state index is 0.118. The highest BCUT2D eigenvalue weighted by molar-refractivity contribution is 6.35. The number of benzene rings is 2. The van der Waals surface area contributed by atoms with Gasteiger partial charge in [0, 0.05) is 69.0 Å². The predicted octanol–water partition coefficient (Wildman–Crippen LogP) is 6.86. The average molecular weight is 578 g/mol. The lowest BCUT2D eigenvalue weighted by molar-refractivity contribution is -0.132. The molecule has 1 aliphatic heterocycles. The smallest absolute Gasteiger partial charge is 0.247 e. The molecule has 2 aromatic heterocycles. The van der Waals surface area contributed by atoms with Crippen LogP contribution in [0.5, 0.6) is 0 Å². The number of carbonyl (C=O) groups excluding carboxylic acids is 1. The lowest BCUT2D eigenvalue weighted by Gasteiger charge is -2.34. The molecule has 4 aromatic rings. The molecule has 1 N–H and O–H groups in total. The lowest BCUT2D eigenvalue weighted by Crippen LogP contribution is -2.39. The molecule has 3 heterocycles. The fraction of sp³-hybridized carbons (Fsp3) is 0.394. The minimum Gasteiger partial charge on any atom is -0.385 e. The van der Waals surface area contributed by atoms with Crippen LogP contribution in [-0.2, 0) is 22.5 Å². The van der Waals surface area contributed by atoms with Gasteiger partial charge in [0.05, 0.1) is 10.5 Å². The van der Waals surface area contributed by atoms with E-state index in [-0.39, 0.29) is 23.2 Å². The standard InChI is InChI=1S/C33H37ClFN3O3/c1-22-31-28(35)15-14-27(34)33(31)38(18-5-19-41-2)32(22)26-7-4-17-37(21-26)30(40)8-3-6-23-9-11-24(12-10-23)25-13-16-29(39)36-20-25/h9-16,20,26H,3-8,17-19,21H2,1-2H3,(H,36,39). The molecular weight excluding hydrogens is 541 g/mol. The Morgan fingerprint density at radius 2 is 1.88 bits per heavy atom. The second kappa shape index (κ2) is 13.0. The molecular formula is C33H37ClFN3O3. The van der Waals surface area contributed by atoms with Crippen LogP contribution in [0.2, 0.25) is 5.02 Å². The van der Waals surface area contributed by atoms with Gasteiger partial charge in [-0.15, -0.1) is 0 Å². The molecule has 0 radical (unpaired) electrons. The van der Waals surface area contributed by atoms with E-state index < -0.39 is 0 Å². The van der Waals surface area contributed by atoms with E-state index in [1.807, 2.05) is 30.0 Å². The van der Waals surface area contributed by atoms with Gasteiger partial charge in [0.2, 0.25) is 11.5 Å². The quantitative estimate of drug-likeness (QED) is 0.209. The monoisotopic (exact) mass is 577 g/mol. The molecule has 1 saturated heterocycles. The Balaban J connectivity index is 1.25. The molecule has 216 valence electrons. The van der Waals surface area contributed by atoms with Crippen molar-refractivity contribution in [3.63, 3.8) is 0 Å². The summed E-state index contributed by atoms with van der Waals surface area (Å²) in [5, 5.41) is 1.13. The van der Waals surface area contributed by atoms with E-state index in [1.165, 1.54) is 17.7 Å². The number of amides is 1. The number of fused-ring (bicyclic) bond motifs is 1. The second-order valence-corrected chi connectivity index (χ2v) is 11.3. The minimum atomic E-state index is -0.260. The summed E-state index contributed by atoms with van der Waals surface area (Å²) in [7, 11) is 1.68. The zero-order chi connectivity index (χ0) is 28.9. The molecule has 0 saturated carbocycles. The van der Waals surface area contributed by atoms with Crippen LogP contribution in [0, 0.1) is 12.7 Å². The summed E-state index contributed by atoms with van der Waals surface area (Å²) in [4.78, 5) is 29.3. The van der Waals surface area contributed by atoms with Crippen LogP contribution < -0.4 is 5.56 Å². The van der Waals surface area contributed by atoms with Crippen molar-refractivity contribution in [3.05, 3.63) is 92.7 Å². The largest absolute Gasteiger partial charge is 0.385 e. The zero-order valence-electron chi connectivity index (χ0n) is 23.7. The van der Waals surface area contributed by atoms with Crippen molar-refractivity contribution >= 4 is 28.4 Å². The SMILES string of the molecule is COCCCn1c(C2CCCN(C(=O)CCCc3ccc(-c4ccc(=O)[nH]c4)cc3)C2)c(C)c2c(F)ccc(Cl)c21. The van der Waals surface area contributed by atoms with Gasteiger partial charge in [-0.05, 0) is 79.5 Å². The number of pyridine rings is 1. The summed E-state index contributed by atoms with van der Waals surface area (Å²) >= 11 is 6.61. The Kier molecular flexibility index (Phi) is 9.25. The number of H-pyrrole nitrogens is 1. The first-order valence-electron chi connectivity index (χ1n) is 14.4. The van der Waals surface area contributed by atoms with Crippen molar-refractivity contribution in [2.24, 2.45) is 0 Å². The molecule has 1 fully saturated rings. The number of aryl methyl sites for hydroxylation is 3. The number of nitrogens with zero attached hydrogens (tertiary/aromatic N) is 2. The number of aromatic nitrogens is 2. The van der Waals surface area contributed by atoms with E-state index >= 15 is 4.39 Å². The fourth-order valence-corrected chi connectivity index (χ4v) is 6.48. The van der Waals surface area contributed by atoms with Gasteiger partial charge >= 0.3 is 0 Å². The van der Waals surface area contributed by atoms with Gasteiger partial charge in [-0.2, -0.15) is 0 Å². The highest BCUT2D eigenvalue weighted by Gasteiger charge is 2.30. The van der Waals surface area contributed by atoms with E-state index in [9.17, 15) is 9.59 Å². The Morgan fingerprint density at radius 1 is 1.10 bits per heavy atom. The third-order valence-corrected chi connectivity index (χ3v) is 8.52. The topological polar surface area (TPSA) is 67.3 Å². The maximum Gasteiger partial charge on any atom is 0.247 e. The molecule has 0 spiro atoms. The summed E-state index contributed by atoms with van der Waals surface area (Å²) in [6.07, 6.45) is 6.46. The van der Waals surface area contributed by atoms with Crippen LogP contribution in [0.25, 0.3) is 22.0 Å². The summed E-state index contributed by atoms with van der Waals surface area (Å²) in [6, 6.07) is 14.7. The molecule has 41 heavy (non-hydrogen) atoms. The molecule has 0 aliphatic carbocycles. The third-order valence-electron chi connectivity index (χ3n) is 8.22. The molecule has 1 aliphatic rings. The number of nitrogens with one attached hydrogen (secondary N) is 1. The molecule has 8 heteroatoms. The summed E-state index contributed by atoms with van der Waals surface area (Å²) < 4.78 is 22.5. The summed E-state index contributed by atoms with van der Waals surface area (Å²) in [6.45, 7) is 4.65. The zero-order valence-corrected chi connectivity index (χ0v) is 24.5. The van der Waals surface area contributed by atoms with Crippen molar-refractivity contribution in [2.75, 3.05) is 26.8 Å². The Bertz CT molecular complexity index is 1560. The number of piperidine rings is 1.